The van der Waals surface area contributed by atoms with Crippen molar-refractivity contribution < 1.29 is 14.7 Å². The topological polar surface area (TPSA) is 122 Å². The molecular weight excluding hydrogens is 430 g/mol. The van der Waals surface area contributed by atoms with Crippen LogP contribution in [0.2, 0.25) is 0 Å². The second-order valence-electron chi connectivity index (χ2n) is 9.28. The monoisotopic (exact) mass is 463 g/mol. The van der Waals surface area contributed by atoms with Crippen molar-refractivity contribution in [2.75, 3.05) is 5.32 Å². The van der Waals surface area contributed by atoms with Crippen LogP contribution in [0, 0.1) is 19.3 Å². The second kappa shape index (κ2) is 10.1. The van der Waals surface area contributed by atoms with Crippen molar-refractivity contribution in [2.24, 2.45) is 11.1 Å². The molecule has 0 saturated heterocycles. The number of amides is 3. The first kappa shape index (κ1) is 25.0. The number of aryl methyl sites for hydroxylation is 1. The molecule has 0 aliphatic heterocycles. The molecule has 1 aromatic heterocycles. The second-order valence-corrected chi connectivity index (χ2v) is 9.28. The van der Waals surface area contributed by atoms with Crippen LogP contribution in [0.3, 0.4) is 0 Å². The molecule has 1 aliphatic rings. The molecule has 8 nitrogen and oxygen atoms in total. The third-order valence-electron chi connectivity index (χ3n) is 6.30. The zero-order valence-electron chi connectivity index (χ0n) is 20.1. The molecule has 34 heavy (non-hydrogen) atoms. The van der Waals surface area contributed by atoms with E-state index in [1.807, 2.05) is 58.0 Å². The number of aromatic nitrogens is 2. The normalized spacial score (nSPS) is 22.9. The Balaban J connectivity index is 1.86. The summed E-state index contributed by atoms with van der Waals surface area (Å²) in [4.78, 5) is 24.9. The predicted molar refractivity (Wildman–Crippen MR) is 134 cm³/mol. The summed E-state index contributed by atoms with van der Waals surface area (Å²) in [5.41, 5.74) is 8.54. The number of rotatable bonds is 4. The van der Waals surface area contributed by atoms with E-state index in [9.17, 15) is 14.7 Å². The summed E-state index contributed by atoms with van der Waals surface area (Å²) in [6.45, 7) is 11.8. The van der Waals surface area contributed by atoms with Gasteiger partial charge < -0.3 is 16.2 Å². The van der Waals surface area contributed by atoms with Crippen molar-refractivity contribution in [3.05, 3.63) is 77.5 Å². The van der Waals surface area contributed by atoms with Crippen molar-refractivity contribution in [1.29, 1.82) is 0 Å². The number of urea groups is 1. The third-order valence-corrected chi connectivity index (χ3v) is 6.30. The van der Waals surface area contributed by atoms with Crippen LogP contribution in [0.1, 0.15) is 37.9 Å². The van der Waals surface area contributed by atoms with Gasteiger partial charge >= 0.3 is 6.03 Å². The molecule has 180 valence electrons. The quantitative estimate of drug-likeness (QED) is 0.552. The van der Waals surface area contributed by atoms with E-state index in [4.69, 9.17) is 5.73 Å². The first-order valence-electron chi connectivity index (χ1n) is 11.2. The number of nitrogens with two attached hydrogens (primary N) is 1. The van der Waals surface area contributed by atoms with Gasteiger partial charge in [-0.1, -0.05) is 50.8 Å². The maximum Gasteiger partial charge on any atom is 0.320 e. The van der Waals surface area contributed by atoms with Gasteiger partial charge in [0.25, 0.3) is 0 Å². The first-order valence-corrected chi connectivity index (χ1v) is 11.2. The fraction of sp³-hybridized carbons (Fsp3) is 0.346. The van der Waals surface area contributed by atoms with E-state index in [-0.39, 0.29) is 6.42 Å². The van der Waals surface area contributed by atoms with Crippen LogP contribution in [-0.2, 0) is 4.79 Å². The number of carbonyl (C=O) groups excluding carboxylic acids is 2. The van der Waals surface area contributed by atoms with Crippen molar-refractivity contribution in [1.82, 2.24) is 15.1 Å². The summed E-state index contributed by atoms with van der Waals surface area (Å²) in [5, 5.41) is 21.3. The Morgan fingerprint density at radius 3 is 2.53 bits per heavy atom. The van der Waals surface area contributed by atoms with Gasteiger partial charge in [0.15, 0.2) is 0 Å². The highest BCUT2D eigenvalue weighted by Gasteiger charge is 2.30. The Bertz CT molecular complexity index is 1140. The van der Waals surface area contributed by atoms with Crippen molar-refractivity contribution in [2.45, 2.75) is 52.7 Å². The zero-order valence-corrected chi connectivity index (χ0v) is 20.1. The van der Waals surface area contributed by atoms with Gasteiger partial charge in [-0.25, -0.2) is 9.48 Å². The van der Waals surface area contributed by atoms with Crippen LogP contribution < -0.4 is 16.4 Å². The van der Waals surface area contributed by atoms with E-state index in [0.717, 1.165) is 22.5 Å². The van der Waals surface area contributed by atoms with Gasteiger partial charge in [-0.05, 0) is 55.9 Å². The summed E-state index contributed by atoms with van der Waals surface area (Å²) >= 11 is 0. The van der Waals surface area contributed by atoms with E-state index in [1.165, 1.54) is 0 Å². The average molecular weight is 464 g/mol. The number of para-hydroxylation sites is 1. The maximum absolute atomic E-state index is 13.0. The largest absolute Gasteiger partial charge is 0.391 e. The maximum atomic E-state index is 13.0. The number of aliphatic hydroxyl groups excluding tert-OH is 1. The fourth-order valence-corrected chi connectivity index (χ4v) is 3.85. The number of aliphatic hydroxyl groups is 1. The van der Waals surface area contributed by atoms with Crippen LogP contribution in [-0.4, -0.2) is 39.0 Å². The minimum Gasteiger partial charge on any atom is -0.391 e. The Hall–Kier alpha value is -3.65. The highest BCUT2D eigenvalue weighted by Crippen LogP contribution is 2.33. The highest BCUT2D eigenvalue weighted by molar-refractivity contribution is 5.95. The highest BCUT2D eigenvalue weighted by atomic mass is 16.3. The lowest BCUT2D eigenvalue weighted by atomic mass is 9.77. The van der Waals surface area contributed by atoms with Gasteiger partial charge in [-0.3, -0.25) is 10.1 Å². The summed E-state index contributed by atoms with van der Waals surface area (Å²) in [5.74, 6) is -0.0430. The number of nitrogens with one attached hydrogen (secondary N) is 2. The number of carbonyl (C=O) groups is 2. The summed E-state index contributed by atoms with van der Waals surface area (Å²) < 4.78 is 1.68. The van der Waals surface area contributed by atoms with Crippen LogP contribution in [0.15, 0.2) is 66.3 Å². The summed E-state index contributed by atoms with van der Waals surface area (Å²) in [7, 11) is 0. The van der Waals surface area contributed by atoms with Crippen LogP contribution in [0.25, 0.3) is 5.69 Å². The summed E-state index contributed by atoms with van der Waals surface area (Å²) in [6.07, 6.45) is 4.74. The number of hydrogen-bond donors (Lipinski definition) is 4. The molecule has 2 aromatic rings. The number of primary amides is 1. The molecule has 0 unspecified atom stereocenters. The molecule has 1 aliphatic carbocycles. The van der Waals surface area contributed by atoms with Crippen molar-refractivity contribution >= 4 is 17.8 Å². The molecule has 0 radical (unpaired) electrons. The zero-order chi connectivity index (χ0) is 25.0. The van der Waals surface area contributed by atoms with Crippen LogP contribution >= 0.6 is 0 Å². The Labute approximate surface area is 200 Å². The molecule has 8 heteroatoms. The van der Waals surface area contributed by atoms with Crippen molar-refractivity contribution in [3.63, 3.8) is 0 Å². The lowest BCUT2D eigenvalue weighted by Crippen LogP contribution is -2.46. The Morgan fingerprint density at radius 2 is 1.88 bits per heavy atom. The molecule has 1 aromatic carbocycles. The number of allylic oxidation sites excluding steroid dienone is 2. The van der Waals surface area contributed by atoms with E-state index < -0.39 is 29.5 Å². The minimum atomic E-state index is -0.878. The SMILES string of the molecule is C=C1/C=C\C(C(N)=O)=C/C[C@@H](NC(=O)Nc2c(C)c(C)nn2-c2ccccc2)[C@H](O)CC1(C)C. The summed E-state index contributed by atoms with van der Waals surface area (Å²) in [6, 6.07) is 8.37. The van der Waals surface area contributed by atoms with Crippen LogP contribution in [0.5, 0.6) is 0 Å². The number of nitrogens with zero attached hydrogens (tertiary/aromatic N) is 2. The van der Waals surface area contributed by atoms with Crippen LogP contribution in [0.4, 0.5) is 10.6 Å². The molecular formula is C26H33N5O3. The molecule has 0 bridgehead atoms. The van der Waals surface area contributed by atoms with Gasteiger partial charge in [-0.2, -0.15) is 5.10 Å². The van der Waals surface area contributed by atoms with E-state index >= 15 is 0 Å². The Kier molecular flexibility index (Phi) is 7.41. The van der Waals surface area contributed by atoms with E-state index in [1.54, 1.807) is 22.9 Å². The first-order chi connectivity index (χ1) is 16.0. The standard InChI is InChI=1S/C26H33N5O3/c1-16-11-12-19(23(27)33)13-14-21(22(32)15-26(16,4)5)28-25(34)29-24-17(2)18(3)30-31(24)20-9-7-6-8-10-20/h6-13,21-22,32H,1,14-15H2,2-5H3,(H2,27,33)(H2,28,29,34)/b12-11-,19-13+/t21-,22-/m1/s1. The van der Waals surface area contributed by atoms with Gasteiger partial charge in [0, 0.05) is 11.1 Å². The van der Waals surface area contributed by atoms with Gasteiger partial charge in [-0.15, -0.1) is 0 Å². The smallest absolute Gasteiger partial charge is 0.320 e. The molecule has 0 saturated carbocycles. The molecule has 3 amide bonds. The van der Waals surface area contributed by atoms with Gasteiger partial charge in [0.05, 0.1) is 23.5 Å². The number of benzene rings is 1. The molecule has 1 heterocycles. The van der Waals surface area contributed by atoms with Gasteiger partial charge in [0.2, 0.25) is 5.91 Å². The molecule has 5 N–H and O–H groups in total. The fourth-order valence-electron chi connectivity index (χ4n) is 3.85. The lowest BCUT2D eigenvalue weighted by Gasteiger charge is -2.33. The van der Waals surface area contributed by atoms with Gasteiger partial charge in [0.1, 0.15) is 5.82 Å². The third kappa shape index (κ3) is 5.63. The number of anilines is 1. The predicted octanol–water partition coefficient (Wildman–Crippen LogP) is 3.68. The number of hydrogen-bond acceptors (Lipinski definition) is 4. The molecule has 0 spiro atoms. The molecule has 3 rings (SSSR count). The average Bonchev–Trinajstić information content (AvgIpc) is 3.05. The molecule has 0 fully saturated rings. The lowest BCUT2D eigenvalue weighted by molar-refractivity contribution is -0.114. The molecule has 2 atom stereocenters. The van der Waals surface area contributed by atoms with Crippen molar-refractivity contribution in [3.8, 4) is 5.69 Å². The Morgan fingerprint density at radius 1 is 1.21 bits per heavy atom. The van der Waals surface area contributed by atoms with E-state index in [2.05, 4.69) is 22.3 Å². The minimum absolute atomic E-state index is 0.232. The van der Waals surface area contributed by atoms with E-state index in [0.29, 0.717) is 17.8 Å².